The number of carbonyl (C=O) groups is 1. The summed E-state index contributed by atoms with van der Waals surface area (Å²) in [7, 11) is 1.80. The molecule has 1 saturated heterocycles. The highest BCUT2D eigenvalue weighted by Gasteiger charge is 2.31. The fourth-order valence-corrected chi connectivity index (χ4v) is 2.40. The average Bonchev–Trinajstić information content (AvgIpc) is 3.07. The van der Waals surface area contributed by atoms with E-state index in [1.54, 1.807) is 29.0 Å². The maximum atomic E-state index is 12.4. The van der Waals surface area contributed by atoms with Crippen molar-refractivity contribution in [2.75, 3.05) is 25.1 Å². The second kappa shape index (κ2) is 5.61. The first-order chi connectivity index (χ1) is 10.1. The highest BCUT2D eigenvalue weighted by Crippen LogP contribution is 2.26. The van der Waals surface area contributed by atoms with Crippen molar-refractivity contribution in [2.45, 2.75) is 13.0 Å². The Balaban J connectivity index is 1.75. The highest BCUT2D eigenvalue weighted by atomic mass is 16.5. The third-order valence-corrected chi connectivity index (χ3v) is 3.44. The number of furan rings is 1. The standard InChI is InChI=1S/C14H18N4O3/c1-10-3-4-13(21-10)12-9-20-6-5-18(12)14(19)16-11-7-15-17(2)8-11/h3-4,7-8,12H,5-6,9H2,1-2H3,(H,16,19)/t12-/m1/s1. The van der Waals surface area contributed by atoms with Crippen molar-refractivity contribution >= 4 is 11.7 Å². The monoisotopic (exact) mass is 290 g/mol. The van der Waals surface area contributed by atoms with Crippen LogP contribution in [0.4, 0.5) is 10.5 Å². The van der Waals surface area contributed by atoms with Crippen LogP contribution in [0, 0.1) is 6.92 Å². The van der Waals surface area contributed by atoms with E-state index in [0.29, 0.717) is 25.4 Å². The van der Waals surface area contributed by atoms with Gasteiger partial charge in [-0.05, 0) is 19.1 Å². The first-order valence-electron chi connectivity index (χ1n) is 6.84. The van der Waals surface area contributed by atoms with E-state index in [2.05, 4.69) is 10.4 Å². The van der Waals surface area contributed by atoms with Crippen molar-refractivity contribution in [3.63, 3.8) is 0 Å². The predicted molar refractivity (Wildman–Crippen MR) is 75.9 cm³/mol. The largest absolute Gasteiger partial charge is 0.464 e. The Morgan fingerprint density at radius 2 is 2.33 bits per heavy atom. The molecule has 1 atom stereocenters. The van der Waals surface area contributed by atoms with Gasteiger partial charge in [0.25, 0.3) is 0 Å². The number of anilines is 1. The highest BCUT2D eigenvalue weighted by molar-refractivity contribution is 5.89. The summed E-state index contributed by atoms with van der Waals surface area (Å²) in [6.45, 7) is 3.37. The summed E-state index contributed by atoms with van der Waals surface area (Å²) in [4.78, 5) is 14.2. The van der Waals surface area contributed by atoms with Gasteiger partial charge >= 0.3 is 6.03 Å². The molecule has 0 aromatic carbocycles. The molecule has 0 spiro atoms. The molecule has 112 valence electrons. The van der Waals surface area contributed by atoms with Gasteiger partial charge in [0.2, 0.25) is 0 Å². The van der Waals surface area contributed by atoms with Gasteiger partial charge < -0.3 is 19.4 Å². The number of aromatic nitrogens is 2. The van der Waals surface area contributed by atoms with Crippen molar-refractivity contribution in [2.24, 2.45) is 7.05 Å². The van der Waals surface area contributed by atoms with Gasteiger partial charge in [0.15, 0.2) is 0 Å². The van der Waals surface area contributed by atoms with E-state index in [1.807, 2.05) is 19.1 Å². The van der Waals surface area contributed by atoms with E-state index in [9.17, 15) is 4.79 Å². The Kier molecular flexibility index (Phi) is 3.66. The average molecular weight is 290 g/mol. The molecule has 0 radical (unpaired) electrons. The quantitative estimate of drug-likeness (QED) is 0.917. The van der Waals surface area contributed by atoms with Crippen LogP contribution < -0.4 is 5.32 Å². The van der Waals surface area contributed by atoms with Crippen LogP contribution in [0.2, 0.25) is 0 Å². The molecule has 0 aliphatic carbocycles. The molecular formula is C14H18N4O3. The molecule has 2 aromatic heterocycles. The molecule has 7 nitrogen and oxygen atoms in total. The van der Waals surface area contributed by atoms with E-state index < -0.39 is 0 Å². The van der Waals surface area contributed by atoms with Gasteiger partial charge in [0.05, 0.1) is 25.1 Å². The smallest absolute Gasteiger partial charge is 0.322 e. The van der Waals surface area contributed by atoms with E-state index >= 15 is 0 Å². The van der Waals surface area contributed by atoms with Crippen molar-refractivity contribution < 1.29 is 13.9 Å². The summed E-state index contributed by atoms with van der Waals surface area (Å²) >= 11 is 0. The maximum absolute atomic E-state index is 12.4. The first kappa shape index (κ1) is 13.7. The summed E-state index contributed by atoms with van der Waals surface area (Å²) < 4.78 is 12.8. The van der Waals surface area contributed by atoms with Gasteiger partial charge in [-0.2, -0.15) is 5.10 Å². The fraction of sp³-hybridized carbons (Fsp3) is 0.429. The first-order valence-corrected chi connectivity index (χ1v) is 6.84. The summed E-state index contributed by atoms with van der Waals surface area (Å²) in [5.41, 5.74) is 0.670. The van der Waals surface area contributed by atoms with Gasteiger partial charge in [0.1, 0.15) is 17.6 Å². The van der Waals surface area contributed by atoms with Gasteiger partial charge in [-0.3, -0.25) is 4.68 Å². The summed E-state index contributed by atoms with van der Waals surface area (Å²) in [6.07, 6.45) is 3.37. The molecule has 21 heavy (non-hydrogen) atoms. The van der Waals surface area contributed by atoms with E-state index in [4.69, 9.17) is 9.15 Å². The number of ether oxygens (including phenoxy) is 1. The van der Waals surface area contributed by atoms with Gasteiger partial charge in [-0.15, -0.1) is 0 Å². The van der Waals surface area contributed by atoms with Gasteiger partial charge in [0, 0.05) is 19.8 Å². The van der Waals surface area contributed by atoms with Crippen LogP contribution in [-0.4, -0.2) is 40.5 Å². The minimum absolute atomic E-state index is 0.176. The zero-order chi connectivity index (χ0) is 14.8. The molecular weight excluding hydrogens is 272 g/mol. The molecule has 1 aliphatic rings. The zero-order valence-electron chi connectivity index (χ0n) is 12.1. The SMILES string of the molecule is Cc1ccc([C@H]2COCCN2C(=O)Nc2cnn(C)c2)o1. The summed E-state index contributed by atoms with van der Waals surface area (Å²) in [5, 5.41) is 6.88. The number of aryl methyl sites for hydroxylation is 2. The number of hydrogen-bond acceptors (Lipinski definition) is 4. The van der Waals surface area contributed by atoms with Crippen LogP contribution >= 0.6 is 0 Å². The zero-order valence-corrected chi connectivity index (χ0v) is 12.1. The van der Waals surface area contributed by atoms with E-state index in [1.165, 1.54) is 0 Å². The third kappa shape index (κ3) is 2.92. The Labute approximate surface area is 122 Å². The molecule has 2 amide bonds. The number of rotatable bonds is 2. The van der Waals surface area contributed by atoms with E-state index in [-0.39, 0.29) is 12.1 Å². The van der Waals surface area contributed by atoms with E-state index in [0.717, 1.165) is 11.5 Å². The van der Waals surface area contributed by atoms with Crippen LogP contribution in [0.25, 0.3) is 0 Å². The van der Waals surface area contributed by atoms with Crippen LogP contribution in [0.3, 0.4) is 0 Å². The third-order valence-electron chi connectivity index (χ3n) is 3.44. The molecule has 1 fully saturated rings. The van der Waals surface area contributed by atoms with Gasteiger partial charge in [-0.1, -0.05) is 0 Å². The van der Waals surface area contributed by atoms with Crippen molar-refractivity contribution in [1.29, 1.82) is 0 Å². The maximum Gasteiger partial charge on any atom is 0.322 e. The molecule has 3 heterocycles. The number of morpholine rings is 1. The lowest BCUT2D eigenvalue weighted by Gasteiger charge is -2.34. The lowest BCUT2D eigenvalue weighted by atomic mass is 10.2. The molecule has 0 saturated carbocycles. The number of carbonyl (C=O) groups excluding carboxylic acids is 1. The van der Waals surface area contributed by atoms with Crippen LogP contribution in [0.5, 0.6) is 0 Å². The summed E-state index contributed by atoms with van der Waals surface area (Å²) in [5.74, 6) is 1.57. The number of amides is 2. The second-order valence-electron chi connectivity index (χ2n) is 5.07. The van der Waals surface area contributed by atoms with Gasteiger partial charge in [-0.25, -0.2) is 4.79 Å². The van der Waals surface area contributed by atoms with Crippen molar-refractivity contribution in [1.82, 2.24) is 14.7 Å². The summed E-state index contributed by atoms with van der Waals surface area (Å²) in [6, 6.07) is 3.40. The molecule has 2 aromatic rings. The lowest BCUT2D eigenvalue weighted by Crippen LogP contribution is -2.45. The molecule has 0 unspecified atom stereocenters. The lowest BCUT2D eigenvalue weighted by molar-refractivity contribution is 0.00710. The van der Waals surface area contributed by atoms with Crippen LogP contribution in [-0.2, 0) is 11.8 Å². The van der Waals surface area contributed by atoms with Crippen LogP contribution in [0.1, 0.15) is 17.6 Å². The minimum atomic E-state index is -0.205. The second-order valence-corrected chi connectivity index (χ2v) is 5.07. The number of hydrogen-bond donors (Lipinski definition) is 1. The van der Waals surface area contributed by atoms with Crippen molar-refractivity contribution in [3.8, 4) is 0 Å². The number of urea groups is 1. The fourth-order valence-electron chi connectivity index (χ4n) is 2.40. The molecule has 7 heteroatoms. The predicted octanol–water partition coefficient (Wildman–Crippen LogP) is 1.93. The molecule has 0 bridgehead atoms. The Morgan fingerprint density at radius 1 is 1.48 bits per heavy atom. The Bertz CT molecular complexity index is 634. The molecule has 1 N–H and O–H groups in total. The molecule has 3 rings (SSSR count). The minimum Gasteiger partial charge on any atom is -0.464 e. The normalized spacial score (nSPS) is 18.8. The number of nitrogens with zero attached hydrogens (tertiary/aromatic N) is 3. The number of nitrogens with one attached hydrogen (secondary N) is 1. The Morgan fingerprint density at radius 3 is 3.00 bits per heavy atom. The topological polar surface area (TPSA) is 72.5 Å². The van der Waals surface area contributed by atoms with Crippen LogP contribution in [0.15, 0.2) is 28.9 Å². The van der Waals surface area contributed by atoms with Crippen molar-refractivity contribution in [3.05, 3.63) is 36.0 Å². The molecule has 1 aliphatic heterocycles. The Hall–Kier alpha value is -2.28.